The highest BCUT2D eigenvalue weighted by atomic mass is 16.6. The Bertz CT molecular complexity index is 533. The Morgan fingerprint density at radius 1 is 1.10 bits per heavy atom. The van der Waals surface area contributed by atoms with E-state index in [2.05, 4.69) is 4.90 Å². The third-order valence-corrected chi connectivity index (χ3v) is 3.33. The lowest BCUT2D eigenvalue weighted by Crippen LogP contribution is -2.49. The number of benzene rings is 1. The topological polar surface area (TPSA) is 83.8 Å². The number of hydrogen-bond acceptors (Lipinski definition) is 5. The highest BCUT2D eigenvalue weighted by Crippen LogP contribution is 2.13. The fraction of sp³-hybridized carbons (Fsp3) is 0.385. The van der Waals surface area contributed by atoms with Crippen molar-refractivity contribution in [1.29, 1.82) is 0 Å². The van der Waals surface area contributed by atoms with Gasteiger partial charge in [-0.3, -0.25) is 19.7 Å². The zero-order chi connectivity index (χ0) is 14.7. The fourth-order valence-electron chi connectivity index (χ4n) is 2.01. The van der Waals surface area contributed by atoms with E-state index >= 15 is 0 Å². The van der Waals surface area contributed by atoms with Crippen molar-refractivity contribution >= 4 is 17.4 Å². The number of ketones is 1. The zero-order valence-electron chi connectivity index (χ0n) is 11.1. The van der Waals surface area contributed by atoms with Crippen LogP contribution in [-0.4, -0.2) is 59.6 Å². The Morgan fingerprint density at radius 2 is 1.65 bits per heavy atom. The minimum atomic E-state index is -0.621. The van der Waals surface area contributed by atoms with Gasteiger partial charge in [0.1, 0.15) is 0 Å². The van der Waals surface area contributed by atoms with Crippen molar-refractivity contribution in [3.63, 3.8) is 0 Å². The molecule has 1 aliphatic heterocycles. The molecule has 1 saturated heterocycles. The van der Waals surface area contributed by atoms with E-state index in [0.29, 0.717) is 13.1 Å². The molecule has 20 heavy (non-hydrogen) atoms. The summed E-state index contributed by atoms with van der Waals surface area (Å²) < 4.78 is 0. The quantitative estimate of drug-likeness (QED) is 0.349. The Hall–Kier alpha value is -2.28. The lowest BCUT2D eigenvalue weighted by Gasteiger charge is -2.31. The van der Waals surface area contributed by atoms with Gasteiger partial charge in [-0.25, -0.2) is 0 Å². The van der Waals surface area contributed by atoms with E-state index < -0.39 is 16.6 Å². The van der Waals surface area contributed by atoms with E-state index in [9.17, 15) is 19.7 Å². The maximum atomic E-state index is 12.0. The molecule has 2 rings (SSSR count). The second-order valence-corrected chi connectivity index (χ2v) is 4.73. The molecule has 0 atom stereocenters. The van der Waals surface area contributed by atoms with Crippen LogP contribution in [0.5, 0.6) is 0 Å². The van der Waals surface area contributed by atoms with Crippen molar-refractivity contribution in [3.8, 4) is 0 Å². The maximum Gasteiger partial charge on any atom is 0.295 e. The van der Waals surface area contributed by atoms with Gasteiger partial charge in [0.25, 0.3) is 11.6 Å². The molecule has 0 spiro atoms. The highest BCUT2D eigenvalue weighted by molar-refractivity contribution is 6.42. The number of nitro benzene ring substituents is 1. The summed E-state index contributed by atoms with van der Waals surface area (Å²) in [6.45, 7) is 2.51. The first-order valence-electron chi connectivity index (χ1n) is 6.25. The molecule has 1 fully saturated rings. The number of rotatable bonds is 3. The van der Waals surface area contributed by atoms with Gasteiger partial charge < -0.3 is 9.80 Å². The van der Waals surface area contributed by atoms with Crippen LogP contribution in [-0.2, 0) is 4.79 Å². The number of likely N-dealkylation sites (N-methyl/N-ethyl adjacent to an activating group) is 1. The highest BCUT2D eigenvalue weighted by Gasteiger charge is 2.26. The average Bonchev–Trinajstić information content (AvgIpc) is 2.46. The summed E-state index contributed by atoms with van der Waals surface area (Å²) in [6.07, 6.45) is 0. The SMILES string of the molecule is CN1CCN(C(=O)C(=O)c2ccc([N+](=O)[O-])cc2)CC1. The van der Waals surface area contributed by atoms with Gasteiger partial charge in [0, 0.05) is 43.9 Å². The number of piperazine rings is 1. The fourth-order valence-corrected chi connectivity index (χ4v) is 2.01. The summed E-state index contributed by atoms with van der Waals surface area (Å²) in [6, 6.07) is 5.08. The van der Waals surface area contributed by atoms with Gasteiger partial charge >= 0.3 is 0 Å². The zero-order valence-corrected chi connectivity index (χ0v) is 11.1. The summed E-state index contributed by atoms with van der Waals surface area (Å²) in [5, 5.41) is 10.5. The summed E-state index contributed by atoms with van der Waals surface area (Å²) in [5.74, 6) is -1.17. The predicted molar refractivity (Wildman–Crippen MR) is 71.5 cm³/mol. The van der Waals surface area contributed by atoms with Gasteiger partial charge in [-0.1, -0.05) is 0 Å². The molecule has 106 valence electrons. The molecular weight excluding hydrogens is 262 g/mol. The number of hydrogen-bond donors (Lipinski definition) is 0. The Morgan fingerprint density at radius 3 is 2.15 bits per heavy atom. The number of nitrogens with zero attached hydrogens (tertiary/aromatic N) is 3. The standard InChI is InChI=1S/C13H15N3O4/c1-14-6-8-15(9-7-14)13(18)12(17)10-2-4-11(5-3-10)16(19)20/h2-5H,6-9H2,1H3. The molecule has 1 heterocycles. The number of carbonyl (C=O) groups is 2. The Labute approximate surface area is 115 Å². The second kappa shape index (κ2) is 5.79. The molecule has 1 amide bonds. The van der Waals surface area contributed by atoms with Crippen LogP contribution >= 0.6 is 0 Å². The van der Waals surface area contributed by atoms with Gasteiger partial charge in [0.05, 0.1) is 4.92 Å². The lowest BCUT2D eigenvalue weighted by molar-refractivity contribution is -0.384. The van der Waals surface area contributed by atoms with Crippen LogP contribution in [0.1, 0.15) is 10.4 Å². The smallest absolute Gasteiger partial charge is 0.295 e. The minimum absolute atomic E-state index is 0.103. The van der Waals surface area contributed by atoms with E-state index in [1.165, 1.54) is 29.2 Å². The first kappa shape index (κ1) is 14.1. The van der Waals surface area contributed by atoms with Crippen LogP contribution < -0.4 is 0 Å². The Balaban J connectivity index is 2.06. The van der Waals surface area contributed by atoms with E-state index in [1.54, 1.807) is 0 Å². The second-order valence-electron chi connectivity index (χ2n) is 4.73. The number of amides is 1. The van der Waals surface area contributed by atoms with E-state index in [-0.39, 0.29) is 11.3 Å². The average molecular weight is 277 g/mol. The normalized spacial score (nSPS) is 15.9. The van der Waals surface area contributed by atoms with E-state index in [1.807, 2.05) is 7.05 Å². The first-order valence-corrected chi connectivity index (χ1v) is 6.25. The largest absolute Gasteiger partial charge is 0.333 e. The molecule has 7 heteroatoms. The van der Waals surface area contributed by atoms with Gasteiger partial charge in [-0.05, 0) is 19.2 Å². The maximum absolute atomic E-state index is 12.0. The Kier molecular flexibility index (Phi) is 4.09. The van der Waals surface area contributed by atoms with Gasteiger partial charge in [-0.15, -0.1) is 0 Å². The third-order valence-electron chi connectivity index (χ3n) is 3.33. The van der Waals surface area contributed by atoms with Crippen molar-refractivity contribution in [2.24, 2.45) is 0 Å². The van der Waals surface area contributed by atoms with Crippen LogP contribution in [0, 0.1) is 10.1 Å². The number of non-ortho nitro benzene ring substituents is 1. The summed E-state index contributed by atoms with van der Waals surface area (Å²) in [5.41, 5.74) is 0.0770. The number of Topliss-reactive ketones (excluding diaryl/α,β-unsaturated/α-hetero) is 1. The van der Waals surface area contributed by atoms with Crippen molar-refractivity contribution < 1.29 is 14.5 Å². The molecule has 0 aromatic heterocycles. The molecule has 0 unspecified atom stereocenters. The van der Waals surface area contributed by atoms with Crippen LogP contribution in [0.2, 0.25) is 0 Å². The first-order chi connectivity index (χ1) is 9.49. The number of carbonyl (C=O) groups excluding carboxylic acids is 2. The van der Waals surface area contributed by atoms with Gasteiger partial charge in [0.2, 0.25) is 5.78 Å². The predicted octanol–water partition coefficient (Wildman–Crippen LogP) is 0.551. The molecule has 0 saturated carbocycles. The van der Waals surface area contributed by atoms with Crippen LogP contribution in [0.25, 0.3) is 0 Å². The number of nitro groups is 1. The molecule has 0 aliphatic carbocycles. The van der Waals surface area contributed by atoms with E-state index in [0.717, 1.165) is 13.1 Å². The lowest BCUT2D eigenvalue weighted by atomic mass is 10.1. The molecule has 7 nitrogen and oxygen atoms in total. The van der Waals surface area contributed by atoms with Crippen LogP contribution in [0.3, 0.4) is 0 Å². The summed E-state index contributed by atoms with van der Waals surface area (Å²) >= 11 is 0. The molecule has 1 aromatic carbocycles. The molecular formula is C13H15N3O4. The molecule has 0 bridgehead atoms. The van der Waals surface area contributed by atoms with Gasteiger partial charge in [-0.2, -0.15) is 0 Å². The van der Waals surface area contributed by atoms with Crippen LogP contribution in [0.4, 0.5) is 5.69 Å². The summed E-state index contributed by atoms with van der Waals surface area (Å²) in [4.78, 5) is 37.7. The van der Waals surface area contributed by atoms with Crippen molar-refractivity contribution in [2.75, 3.05) is 33.2 Å². The minimum Gasteiger partial charge on any atom is -0.333 e. The van der Waals surface area contributed by atoms with Crippen molar-refractivity contribution in [3.05, 3.63) is 39.9 Å². The van der Waals surface area contributed by atoms with Crippen molar-refractivity contribution in [1.82, 2.24) is 9.80 Å². The van der Waals surface area contributed by atoms with E-state index in [4.69, 9.17) is 0 Å². The van der Waals surface area contributed by atoms with Crippen molar-refractivity contribution in [2.45, 2.75) is 0 Å². The third kappa shape index (κ3) is 3.00. The summed E-state index contributed by atoms with van der Waals surface area (Å²) in [7, 11) is 1.96. The monoisotopic (exact) mass is 277 g/mol. The van der Waals surface area contributed by atoms with Gasteiger partial charge in [0.15, 0.2) is 0 Å². The van der Waals surface area contributed by atoms with Crippen LogP contribution in [0.15, 0.2) is 24.3 Å². The molecule has 1 aliphatic rings. The molecule has 0 radical (unpaired) electrons. The molecule has 1 aromatic rings. The molecule has 0 N–H and O–H groups in total.